The molecule has 0 radical (unpaired) electrons. The van der Waals surface area contributed by atoms with Crippen molar-refractivity contribution in [3.8, 4) is 11.5 Å². The molecular formula is C16H18N6O3S. The highest BCUT2D eigenvalue weighted by molar-refractivity contribution is 7.90. The smallest absolute Gasteiger partial charge is 0.253 e. The number of nitrogens with one attached hydrogen (secondary N) is 1. The van der Waals surface area contributed by atoms with Crippen LogP contribution in [0.1, 0.15) is 25.7 Å². The van der Waals surface area contributed by atoms with Crippen LogP contribution in [0.5, 0.6) is 0 Å². The summed E-state index contributed by atoms with van der Waals surface area (Å²) >= 11 is 0. The first kappa shape index (κ1) is 17.8. The first-order valence-electron chi connectivity index (χ1n) is 7.77. The number of nitrogens with zero attached hydrogens (tertiary/aromatic N) is 4. The predicted octanol–water partition coefficient (Wildman–Crippen LogP) is 2.38. The summed E-state index contributed by atoms with van der Waals surface area (Å²) in [5, 5.41) is 10.9. The maximum absolute atomic E-state index is 11.5. The maximum atomic E-state index is 11.5. The van der Waals surface area contributed by atoms with Crippen LogP contribution in [0.4, 0.5) is 17.5 Å². The number of nitrogen functional groups attached to an aromatic ring is 1. The second-order valence-electron chi connectivity index (χ2n) is 6.01. The fourth-order valence-electron chi connectivity index (χ4n) is 2.11. The van der Waals surface area contributed by atoms with E-state index in [0.29, 0.717) is 17.1 Å². The van der Waals surface area contributed by atoms with Gasteiger partial charge in [-0.05, 0) is 24.3 Å². The molecule has 0 fully saturated rings. The van der Waals surface area contributed by atoms with Crippen LogP contribution in [0.2, 0.25) is 0 Å². The van der Waals surface area contributed by atoms with E-state index >= 15 is 0 Å². The monoisotopic (exact) mass is 374 g/mol. The minimum Gasteiger partial charge on any atom is -0.420 e. The number of sulfone groups is 1. The Morgan fingerprint density at radius 2 is 1.85 bits per heavy atom. The Balaban J connectivity index is 1.81. The average Bonchev–Trinajstić information content (AvgIpc) is 3.04. The van der Waals surface area contributed by atoms with E-state index in [1.54, 1.807) is 12.1 Å². The third-order valence-electron chi connectivity index (χ3n) is 3.52. The molecule has 0 spiro atoms. The SMILES string of the molecule is CC(C)c1nnc(-c2cnc(Nc3ccc(S(C)(=O)=O)cc3)nc2N)o1. The fourth-order valence-corrected chi connectivity index (χ4v) is 2.74. The average molecular weight is 374 g/mol. The number of aromatic nitrogens is 4. The lowest BCUT2D eigenvalue weighted by molar-refractivity contribution is 0.481. The van der Waals surface area contributed by atoms with Crippen molar-refractivity contribution in [3.05, 3.63) is 36.4 Å². The van der Waals surface area contributed by atoms with Crippen LogP contribution in [-0.2, 0) is 9.84 Å². The fraction of sp³-hybridized carbons (Fsp3) is 0.250. The zero-order valence-electron chi connectivity index (χ0n) is 14.5. The molecule has 9 nitrogen and oxygen atoms in total. The second-order valence-corrected chi connectivity index (χ2v) is 8.03. The molecule has 2 aromatic heterocycles. The standard InChI is InChI=1S/C16H18N6O3S/c1-9(2)14-21-22-15(25-14)12-8-18-16(20-13(12)17)19-10-4-6-11(7-5-10)26(3,23)24/h4-9H,1-3H3,(H3,17,18,19,20). The Morgan fingerprint density at radius 3 is 2.38 bits per heavy atom. The summed E-state index contributed by atoms with van der Waals surface area (Å²) in [6.07, 6.45) is 2.65. The maximum Gasteiger partial charge on any atom is 0.253 e. The van der Waals surface area contributed by atoms with Crippen LogP contribution in [0.25, 0.3) is 11.5 Å². The van der Waals surface area contributed by atoms with Crippen LogP contribution >= 0.6 is 0 Å². The molecule has 0 bridgehead atoms. The van der Waals surface area contributed by atoms with Crippen molar-refractivity contribution in [1.82, 2.24) is 20.2 Å². The molecule has 0 aliphatic heterocycles. The summed E-state index contributed by atoms with van der Waals surface area (Å²) in [5.74, 6) is 1.33. The van der Waals surface area contributed by atoms with Gasteiger partial charge in [-0.2, -0.15) is 4.98 Å². The van der Waals surface area contributed by atoms with E-state index in [9.17, 15) is 8.42 Å². The Kier molecular flexibility index (Phi) is 4.60. The van der Waals surface area contributed by atoms with Crippen molar-refractivity contribution in [2.45, 2.75) is 24.7 Å². The quantitative estimate of drug-likeness (QED) is 0.689. The van der Waals surface area contributed by atoms with Crippen molar-refractivity contribution in [3.63, 3.8) is 0 Å². The van der Waals surface area contributed by atoms with Gasteiger partial charge in [-0.15, -0.1) is 10.2 Å². The third-order valence-corrected chi connectivity index (χ3v) is 4.65. The van der Waals surface area contributed by atoms with Gasteiger partial charge in [0.15, 0.2) is 9.84 Å². The number of rotatable bonds is 5. The van der Waals surface area contributed by atoms with Crippen LogP contribution in [0.3, 0.4) is 0 Å². The first-order valence-corrected chi connectivity index (χ1v) is 9.66. The van der Waals surface area contributed by atoms with Gasteiger partial charge in [-0.1, -0.05) is 13.8 Å². The molecule has 26 heavy (non-hydrogen) atoms. The minimum atomic E-state index is -3.24. The van der Waals surface area contributed by atoms with E-state index < -0.39 is 9.84 Å². The molecule has 2 heterocycles. The summed E-state index contributed by atoms with van der Waals surface area (Å²) in [4.78, 5) is 8.60. The molecule has 136 valence electrons. The predicted molar refractivity (Wildman–Crippen MR) is 96.7 cm³/mol. The summed E-state index contributed by atoms with van der Waals surface area (Å²) in [6, 6.07) is 6.25. The summed E-state index contributed by atoms with van der Waals surface area (Å²) < 4.78 is 28.5. The molecule has 10 heteroatoms. The highest BCUT2D eigenvalue weighted by Crippen LogP contribution is 2.26. The molecule has 3 aromatic rings. The number of hydrogen-bond donors (Lipinski definition) is 2. The van der Waals surface area contributed by atoms with Crippen molar-refractivity contribution in [2.75, 3.05) is 17.3 Å². The molecule has 0 aliphatic carbocycles. The molecule has 0 atom stereocenters. The van der Waals surface area contributed by atoms with Crippen LogP contribution in [-0.4, -0.2) is 34.8 Å². The molecule has 3 rings (SSSR count). The highest BCUT2D eigenvalue weighted by atomic mass is 32.2. The normalized spacial score (nSPS) is 11.7. The minimum absolute atomic E-state index is 0.106. The highest BCUT2D eigenvalue weighted by Gasteiger charge is 2.15. The first-order chi connectivity index (χ1) is 12.2. The third kappa shape index (κ3) is 3.80. The lowest BCUT2D eigenvalue weighted by Crippen LogP contribution is -2.03. The molecule has 0 unspecified atom stereocenters. The Labute approximate surface area is 150 Å². The Bertz CT molecular complexity index is 1030. The van der Waals surface area contributed by atoms with E-state index in [1.165, 1.54) is 18.3 Å². The van der Waals surface area contributed by atoms with Crippen LogP contribution in [0.15, 0.2) is 39.8 Å². The lowest BCUT2D eigenvalue weighted by atomic mass is 10.2. The molecular weight excluding hydrogens is 356 g/mol. The largest absolute Gasteiger partial charge is 0.420 e. The van der Waals surface area contributed by atoms with Gasteiger partial charge in [0.2, 0.25) is 11.8 Å². The number of hydrogen-bond acceptors (Lipinski definition) is 9. The molecule has 0 saturated heterocycles. The van der Waals surface area contributed by atoms with E-state index in [2.05, 4.69) is 25.5 Å². The number of nitrogens with two attached hydrogens (primary N) is 1. The van der Waals surface area contributed by atoms with Crippen molar-refractivity contribution < 1.29 is 12.8 Å². The van der Waals surface area contributed by atoms with Gasteiger partial charge in [0, 0.05) is 24.1 Å². The Morgan fingerprint density at radius 1 is 1.15 bits per heavy atom. The Hall–Kier alpha value is -3.01. The van der Waals surface area contributed by atoms with Crippen LogP contribution in [0, 0.1) is 0 Å². The summed E-state index contributed by atoms with van der Waals surface area (Å²) in [6.45, 7) is 3.89. The van der Waals surface area contributed by atoms with Gasteiger partial charge in [-0.3, -0.25) is 0 Å². The van der Waals surface area contributed by atoms with Gasteiger partial charge in [0.1, 0.15) is 5.82 Å². The van der Waals surface area contributed by atoms with Crippen molar-refractivity contribution >= 4 is 27.3 Å². The number of benzene rings is 1. The van der Waals surface area contributed by atoms with Gasteiger partial charge in [0.05, 0.1) is 10.5 Å². The van der Waals surface area contributed by atoms with E-state index in [4.69, 9.17) is 10.2 Å². The topological polar surface area (TPSA) is 137 Å². The molecule has 0 amide bonds. The van der Waals surface area contributed by atoms with E-state index in [-0.39, 0.29) is 28.5 Å². The van der Waals surface area contributed by atoms with Crippen LogP contribution < -0.4 is 11.1 Å². The van der Waals surface area contributed by atoms with Gasteiger partial charge in [0.25, 0.3) is 5.89 Å². The molecule has 1 aromatic carbocycles. The van der Waals surface area contributed by atoms with Crippen molar-refractivity contribution in [1.29, 1.82) is 0 Å². The van der Waals surface area contributed by atoms with Crippen molar-refractivity contribution in [2.24, 2.45) is 0 Å². The summed E-state index contributed by atoms with van der Waals surface area (Å²) in [5.41, 5.74) is 7.05. The zero-order valence-corrected chi connectivity index (χ0v) is 15.3. The summed E-state index contributed by atoms with van der Waals surface area (Å²) in [7, 11) is -3.24. The van der Waals surface area contributed by atoms with E-state index in [0.717, 1.165) is 6.26 Å². The molecule has 0 saturated carbocycles. The number of anilines is 3. The molecule has 0 aliphatic rings. The molecule has 3 N–H and O–H groups in total. The van der Waals surface area contributed by atoms with Gasteiger partial charge < -0.3 is 15.5 Å². The van der Waals surface area contributed by atoms with E-state index in [1.807, 2.05) is 13.8 Å². The van der Waals surface area contributed by atoms with Gasteiger partial charge in [-0.25, -0.2) is 13.4 Å². The van der Waals surface area contributed by atoms with Gasteiger partial charge >= 0.3 is 0 Å². The zero-order chi connectivity index (χ0) is 18.9. The second kappa shape index (κ2) is 6.71. The lowest BCUT2D eigenvalue weighted by Gasteiger charge is -2.07.